The van der Waals surface area contributed by atoms with Crippen LogP contribution in [-0.2, 0) is 6.42 Å². The second kappa shape index (κ2) is 7.39. The molecular weight excluding hydrogens is 296 g/mol. The summed E-state index contributed by atoms with van der Waals surface area (Å²) in [6.45, 7) is 2.16. The van der Waals surface area contributed by atoms with Crippen molar-refractivity contribution in [2.45, 2.75) is 38.5 Å². The topological polar surface area (TPSA) is 40.5 Å². The Bertz CT molecular complexity index is 754. The molecule has 0 aliphatic heterocycles. The summed E-state index contributed by atoms with van der Waals surface area (Å²) in [5, 5.41) is 19.4. The number of hydrogen-bond donors (Lipinski definition) is 2. The molecular formula is C22H24O2. The highest BCUT2D eigenvalue weighted by atomic mass is 16.3. The molecule has 2 nitrogen and oxygen atoms in total. The maximum Gasteiger partial charge on any atom is 0.118 e. The SMILES string of the molecule is CCCCc1cc(C2=CCC(c3ccc(O)cc3)C=C2)ccc1O. The van der Waals surface area contributed by atoms with E-state index in [1.807, 2.05) is 18.2 Å². The third-order valence-electron chi connectivity index (χ3n) is 4.63. The lowest BCUT2D eigenvalue weighted by molar-refractivity contribution is 0.467. The van der Waals surface area contributed by atoms with Crippen LogP contribution in [0.2, 0.25) is 0 Å². The van der Waals surface area contributed by atoms with Crippen molar-refractivity contribution >= 4 is 5.57 Å². The molecule has 0 heterocycles. The molecule has 0 saturated heterocycles. The molecule has 2 aromatic rings. The van der Waals surface area contributed by atoms with Gasteiger partial charge < -0.3 is 10.2 Å². The van der Waals surface area contributed by atoms with Crippen molar-refractivity contribution in [3.8, 4) is 11.5 Å². The van der Waals surface area contributed by atoms with Gasteiger partial charge in [-0.3, -0.25) is 0 Å². The molecule has 2 aromatic carbocycles. The Morgan fingerprint density at radius 1 is 1.04 bits per heavy atom. The monoisotopic (exact) mass is 320 g/mol. The number of phenolic OH excluding ortho intramolecular Hbond substituents is 2. The van der Waals surface area contributed by atoms with Gasteiger partial charge >= 0.3 is 0 Å². The zero-order valence-corrected chi connectivity index (χ0v) is 14.1. The van der Waals surface area contributed by atoms with E-state index in [0.717, 1.165) is 31.2 Å². The fraction of sp³-hybridized carbons (Fsp3) is 0.273. The van der Waals surface area contributed by atoms with E-state index < -0.39 is 0 Å². The van der Waals surface area contributed by atoms with Gasteiger partial charge in [-0.1, -0.05) is 49.8 Å². The van der Waals surface area contributed by atoms with Crippen LogP contribution in [0.3, 0.4) is 0 Å². The summed E-state index contributed by atoms with van der Waals surface area (Å²) >= 11 is 0. The molecule has 3 rings (SSSR count). The highest BCUT2D eigenvalue weighted by Crippen LogP contribution is 2.32. The minimum absolute atomic E-state index is 0.304. The van der Waals surface area contributed by atoms with Crippen LogP contribution in [0.1, 0.15) is 48.8 Å². The van der Waals surface area contributed by atoms with Gasteiger partial charge in [-0.25, -0.2) is 0 Å². The summed E-state index contributed by atoms with van der Waals surface area (Å²) in [5.41, 5.74) is 4.63. The lowest BCUT2D eigenvalue weighted by Crippen LogP contribution is -1.99. The van der Waals surface area contributed by atoms with Gasteiger partial charge in [0, 0.05) is 5.92 Å². The van der Waals surface area contributed by atoms with E-state index in [4.69, 9.17) is 0 Å². The third-order valence-corrected chi connectivity index (χ3v) is 4.63. The van der Waals surface area contributed by atoms with Crippen LogP contribution in [-0.4, -0.2) is 10.2 Å². The Morgan fingerprint density at radius 3 is 2.50 bits per heavy atom. The molecule has 1 aliphatic carbocycles. The fourth-order valence-corrected chi connectivity index (χ4v) is 3.14. The van der Waals surface area contributed by atoms with Crippen molar-refractivity contribution in [1.82, 2.24) is 0 Å². The average molecular weight is 320 g/mol. The van der Waals surface area contributed by atoms with Crippen LogP contribution in [0.5, 0.6) is 11.5 Å². The first-order valence-corrected chi connectivity index (χ1v) is 8.67. The number of benzene rings is 2. The molecule has 1 aliphatic rings. The zero-order valence-electron chi connectivity index (χ0n) is 14.1. The van der Waals surface area contributed by atoms with E-state index in [-0.39, 0.29) is 0 Å². The van der Waals surface area contributed by atoms with Gasteiger partial charge in [0.15, 0.2) is 0 Å². The fourth-order valence-electron chi connectivity index (χ4n) is 3.14. The minimum atomic E-state index is 0.304. The molecule has 1 atom stereocenters. The highest BCUT2D eigenvalue weighted by molar-refractivity contribution is 5.76. The molecule has 0 radical (unpaired) electrons. The van der Waals surface area contributed by atoms with Crippen LogP contribution < -0.4 is 0 Å². The van der Waals surface area contributed by atoms with Crippen LogP contribution >= 0.6 is 0 Å². The van der Waals surface area contributed by atoms with E-state index in [1.54, 1.807) is 18.2 Å². The standard InChI is InChI=1S/C22H24O2/c1-2-3-4-20-15-19(11-14-22(20)24)18-7-5-16(6-8-18)17-9-12-21(23)13-10-17/h5,7-16,23-24H,2-4,6H2,1H3. The largest absolute Gasteiger partial charge is 0.508 e. The quantitative estimate of drug-likeness (QED) is 0.756. The van der Waals surface area contributed by atoms with Gasteiger partial charge in [-0.05, 0) is 65.8 Å². The van der Waals surface area contributed by atoms with Crippen molar-refractivity contribution < 1.29 is 10.2 Å². The molecule has 0 spiro atoms. The molecule has 0 fully saturated rings. The Balaban J connectivity index is 1.75. The summed E-state index contributed by atoms with van der Waals surface area (Å²) in [6.07, 6.45) is 10.7. The predicted octanol–water partition coefficient (Wildman–Crippen LogP) is 5.57. The smallest absolute Gasteiger partial charge is 0.118 e. The van der Waals surface area contributed by atoms with Gasteiger partial charge in [-0.2, -0.15) is 0 Å². The van der Waals surface area contributed by atoms with Crippen molar-refractivity contribution in [2.75, 3.05) is 0 Å². The summed E-state index contributed by atoms with van der Waals surface area (Å²) in [5.74, 6) is 1.05. The van der Waals surface area contributed by atoms with Gasteiger partial charge in [0.1, 0.15) is 11.5 Å². The Morgan fingerprint density at radius 2 is 1.83 bits per heavy atom. The van der Waals surface area contributed by atoms with Crippen molar-refractivity contribution in [1.29, 1.82) is 0 Å². The highest BCUT2D eigenvalue weighted by Gasteiger charge is 2.13. The van der Waals surface area contributed by atoms with Crippen LogP contribution in [0.25, 0.3) is 5.57 Å². The number of allylic oxidation sites excluding steroid dienone is 4. The minimum Gasteiger partial charge on any atom is -0.508 e. The van der Waals surface area contributed by atoms with Gasteiger partial charge in [0.2, 0.25) is 0 Å². The van der Waals surface area contributed by atoms with Crippen LogP contribution in [0.4, 0.5) is 0 Å². The first kappa shape index (κ1) is 16.4. The van der Waals surface area contributed by atoms with Crippen molar-refractivity contribution in [3.63, 3.8) is 0 Å². The second-order valence-corrected chi connectivity index (χ2v) is 6.40. The third kappa shape index (κ3) is 3.70. The van der Waals surface area contributed by atoms with Gasteiger partial charge in [-0.15, -0.1) is 0 Å². The normalized spacial score (nSPS) is 16.9. The molecule has 0 bridgehead atoms. The van der Waals surface area contributed by atoms with Gasteiger partial charge in [0.05, 0.1) is 0 Å². The van der Waals surface area contributed by atoms with E-state index in [2.05, 4.69) is 31.2 Å². The number of aromatic hydroxyl groups is 2. The van der Waals surface area contributed by atoms with E-state index in [9.17, 15) is 10.2 Å². The predicted molar refractivity (Wildman–Crippen MR) is 99.3 cm³/mol. The first-order chi connectivity index (χ1) is 11.7. The number of rotatable bonds is 5. The Labute approximate surface area is 143 Å². The second-order valence-electron chi connectivity index (χ2n) is 6.40. The number of aryl methyl sites for hydroxylation is 1. The van der Waals surface area contributed by atoms with E-state index in [1.165, 1.54) is 16.7 Å². The molecule has 24 heavy (non-hydrogen) atoms. The lowest BCUT2D eigenvalue weighted by atomic mass is 9.87. The van der Waals surface area contributed by atoms with E-state index in [0.29, 0.717) is 17.4 Å². The molecule has 0 saturated carbocycles. The Kier molecular flexibility index (Phi) is 5.05. The molecule has 2 N–H and O–H groups in total. The van der Waals surface area contributed by atoms with E-state index >= 15 is 0 Å². The maximum atomic E-state index is 10.0. The molecule has 124 valence electrons. The van der Waals surface area contributed by atoms with Crippen LogP contribution in [0.15, 0.2) is 60.7 Å². The number of unbranched alkanes of at least 4 members (excludes halogenated alkanes) is 1. The van der Waals surface area contributed by atoms with Crippen molar-refractivity contribution in [2.24, 2.45) is 0 Å². The first-order valence-electron chi connectivity index (χ1n) is 8.67. The summed E-state index contributed by atoms with van der Waals surface area (Å²) in [4.78, 5) is 0. The van der Waals surface area contributed by atoms with Gasteiger partial charge in [0.25, 0.3) is 0 Å². The molecule has 2 heteroatoms. The lowest BCUT2D eigenvalue weighted by Gasteiger charge is -2.17. The average Bonchev–Trinajstić information content (AvgIpc) is 2.62. The summed E-state index contributed by atoms with van der Waals surface area (Å²) in [6, 6.07) is 13.3. The zero-order chi connectivity index (χ0) is 16.9. The maximum absolute atomic E-state index is 10.0. The summed E-state index contributed by atoms with van der Waals surface area (Å²) < 4.78 is 0. The molecule has 1 unspecified atom stereocenters. The summed E-state index contributed by atoms with van der Waals surface area (Å²) in [7, 11) is 0. The molecule has 0 amide bonds. The van der Waals surface area contributed by atoms with Crippen LogP contribution in [0, 0.1) is 0 Å². The Hall–Kier alpha value is -2.48. The number of phenols is 2. The molecule has 0 aromatic heterocycles. The number of hydrogen-bond acceptors (Lipinski definition) is 2. The van der Waals surface area contributed by atoms with Crippen molar-refractivity contribution in [3.05, 3.63) is 77.4 Å².